The lowest BCUT2D eigenvalue weighted by molar-refractivity contribution is -0.149. The number of rotatable bonds is 5. The molecule has 0 atom stereocenters. The van der Waals surface area contributed by atoms with Gasteiger partial charge in [-0.2, -0.15) is 0 Å². The van der Waals surface area contributed by atoms with E-state index in [1.54, 1.807) is 0 Å². The summed E-state index contributed by atoms with van der Waals surface area (Å²) < 4.78 is 11.0. The lowest BCUT2D eigenvalue weighted by Gasteiger charge is -2.54. The Hall–Kier alpha value is -0.830. The van der Waals surface area contributed by atoms with Gasteiger partial charge >= 0.3 is 5.97 Å². The van der Waals surface area contributed by atoms with E-state index in [1.807, 2.05) is 0 Å². The van der Waals surface area contributed by atoms with Crippen molar-refractivity contribution in [2.75, 3.05) is 13.2 Å². The molecule has 0 aliphatic heterocycles. The van der Waals surface area contributed by atoms with Gasteiger partial charge in [-0.1, -0.05) is 6.58 Å². The summed E-state index contributed by atoms with van der Waals surface area (Å²) in [5, 5.41) is 0. The highest BCUT2D eigenvalue weighted by Crippen LogP contribution is 2.54. The maximum atomic E-state index is 10.9. The molecule has 0 saturated heterocycles. The molecule has 0 aromatic heterocycles. The minimum Gasteiger partial charge on any atom is -0.460 e. The molecule has 0 radical (unpaired) electrons. The van der Waals surface area contributed by atoms with E-state index >= 15 is 0 Å². The van der Waals surface area contributed by atoms with Gasteiger partial charge in [0.1, 0.15) is 6.61 Å². The van der Waals surface area contributed by atoms with E-state index in [2.05, 4.69) is 6.58 Å². The van der Waals surface area contributed by atoms with E-state index in [0.29, 0.717) is 19.3 Å². The van der Waals surface area contributed by atoms with Gasteiger partial charge in [0, 0.05) is 6.08 Å². The van der Waals surface area contributed by atoms with Crippen LogP contribution in [0.1, 0.15) is 32.1 Å². The number of hydrogen-bond acceptors (Lipinski definition) is 3. The molecule has 4 rings (SSSR count). The molecule has 4 aliphatic carbocycles. The summed E-state index contributed by atoms with van der Waals surface area (Å²) in [6.45, 7) is 4.26. The monoisotopic (exact) mass is 250 g/mol. The number of carbonyl (C=O) groups excluding carboxylic acids is 1. The highest BCUT2D eigenvalue weighted by Gasteiger charge is 2.48. The Kier molecular flexibility index (Phi) is 3.42. The van der Waals surface area contributed by atoms with Crippen LogP contribution >= 0.6 is 0 Å². The lowest BCUT2D eigenvalue weighted by Crippen LogP contribution is -2.49. The van der Waals surface area contributed by atoms with Gasteiger partial charge in [-0.25, -0.2) is 4.79 Å². The van der Waals surface area contributed by atoms with Gasteiger partial charge in [0.15, 0.2) is 0 Å². The quantitative estimate of drug-likeness (QED) is 0.427. The molecule has 0 N–H and O–H groups in total. The van der Waals surface area contributed by atoms with Crippen LogP contribution in [-0.4, -0.2) is 25.3 Å². The van der Waals surface area contributed by atoms with E-state index in [4.69, 9.17) is 9.47 Å². The molecule has 0 spiro atoms. The Morgan fingerprint density at radius 3 is 2.22 bits per heavy atom. The van der Waals surface area contributed by atoms with Crippen LogP contribution in [-0.2, 0) is 14.3 Å². The van der Waals surface area contributed by atoms with E-state index in [9.17, 15) is 4.79 Å². The molecular formula is C15H22O3. The first-order valence-corrected chi connectivity index (χ1v) is 7.17. The summed E-state index contributed by atoms with van der Waals surface area (Å²) in [6, 6.07) is 0. The van der Waals surface area contributed by atoms with Crippen LogP contribution in [0.3, 0.4) is 0 Å². The molecule has 0 heterocycles. The van der Waals surface area contributed by atoms with Crippen LogP contribution in [0.25, 0.3) is 0 Å². The zero-order chi connectivity index (χ0) is 12.5. The second kappa shape index (κ2) is 5.04. The normalized spacial score (nSPS) is 40.8. The topological polar surface area (TPSA) is 35.5 Å². The van der Waals surface area contributed by atoms with Gasteiger partial charge in [-0.05, 0) is 55.8 Å². The number of ether oxygens (including phenoxy) is 2. The fraction of sp³-hybridized carbons (Fsp3) is 0.800. The second-order valence-corrected chi connectivity index (χ2v) is 6.14. The lowest BCUT2D eigenvalue weighted by atomic mass is 9.55. The van der Waals surface area contributed by atoms with Gasteiger partial charge < -0.3 is 9.47 Å². The zero-order valence-corrected chi connectivity index (χ0v) is 10.8. The summed E-state index contributed by atoms with van der Waals surface area (Å²) in [7, 11) is 0. The van der Waals surface area contributed by atoms with Crippen LogP contribution in [0.15, 0.2) is 12.7 Å². The summed E-state index contributed by atoms with van der Waals surface area (Å²) >= 11 is 0. The number of hydrogen-bond donors (Lipinski definition) is 0. The van der Waals surface area contributed by atoms with Gasteiger partial charge in [-0.3, -0.25) is 0 Å². The van der Waals surface area contributed by atoms with Crippen molar-refractivity contribution in [1.82, 2.24) is 0 Å². The standard InChI is InChI=1S/C15H22O3/c1-2-14(16)17-3-4-18-15-12-6-10-5-11(8-12)9-13(15)7-10/h2,10-13,15H,1,3-9H2. The highest BCUT2D eigenvalue weighted by molar-refractivity contribution is 5.81. The van der Waals surface area contributed by atoms with Crippen LogP contribution in [0, 0.1) is 23.7 Å². The predicted molar refractivity (Wildman–Crippen MR) is 67.9 cm³/mol. The fourth-order valence-corrected chi connectivity index (χ4v) is 4.53. The summed E-state index contributed by atoms with van der Waals surface area (Å²) in [6.07, 6.45) is 8.56. The zero-order valence-electron chi connectivity index (χ0n) is 10.8. The third-order valence-corrected chi connectivity index (χ3v) is 4.94. The van der Waals surface area contributed by atoms with E-state index < -0.39 is 0 Å². The molecular weight excluding hydrogens is 228 g/mol. The smallest absolute Gasteiger partial charge is 0.330 e. The van der Waals surface area contributed by atoms with Gasteiger partial charge in [0.25, 0.3) is 0 Å². The molecule has 100 valence electrons. The van der Waals surface area contributed by atoms with Crippen molar-refractivity contribution in [1.29, 1.82) is 0 Å². The third kappa shape index (κ3) is 2.33. The first-order chi connectivity index (χ1) is 8.76. The predicted octanol–water partition coefficient (Wildman–Crippen LogP) is 2.56. The first-order valence-electron chi connectivity index (χ1n) is 7.17. The fourth-order valence-electron chi connectivity index (χ4n) is 4.53. The largest absolute Gasteiger partial charge is 0.460 e. The SMILES string of the molecule is C=CC(=O)OCCOC1C2CC3CC(C2)CC1C3. The Morgan fingerprint density at radius 1 is 1.06 bits per heavy atom. The van der Waals surface area contributed by atoms with Crippen molar-refractivity contribution >= 4 is 5.97 Å². The molecule has 18 heavy (non-hydrogen) atoms. The van der Waals surface area contributed by atoms with Crippen LogP contribution < -0.4 is 0 Å². The van der Waals surface area contributed by atoms with Crippen molar-refractivity contribution in [3.05, 3.63) is 12.7 Å². The maximum absolute atomic E-state index is 10.9. The van der Waals surface area contributed by atoms with Gasteiger partial charge in [0.2, 0.25) is 0 Å². The molecule has 3 heteroatoms. The summed E-state index contributed by atoms with van der Waals surface area (Å²) in [5.74, 6) is 3.15. The van der Waals surface area contributed by atoms with E-state index in [0.717, 1.165) is 23.7 Å². The van der Waals surface area contributed by atoms with Gasteiger partial charge in [0.05, 0.1) is 12.7 Å². The summed E-state index contributed by atoms with van der Waals surface area (Å²) in [5.41, 5.74) is 0. The molecule has 0 aromatic carbocycles. The van der Waals surface area contributed by atoms with Crippen LogP contribution in [0.4, 0.5) is 0 Å². The van der Waals surface area contributed by atoms with Crippen molar-refractivity contribution in [3.63, 3.8) is 0 Å². The highest BCUT2D eigenvalue weighted by atomic mass is 16.6. The van der Waals surface area contributed by atoms with Crippen molar-refractivity contribution in [3.8, 4) is 0 Å². The Labute approximate surface area is 109 Å². The molecule has 3 nitrogen and oxygen atoms in total. The molecule has 0 amide bonds. The Morgan fingerprint density at radius 2 is 1.67 bits per heavy atom. The number of esters is 1. The first kappa shape index (κ1) is 12.2. The minimum atomic E-state index is -0.358. The van der Waals surface area contributed by atoms with E-state index in [1.165, 1.54) is 38.2 Å². The molecule has 0 unspecified atom stereocenters. The third-order valence-electron chi connectivity index (χ3n) is 4.94. The Bertz CT molecular complexity index is 309. The summed E-state index contributed by atoms with van der Waals surface area (Å²) in [4.78, 5) is 10.9. The molecule has 4 bridgehead atoms. The molecule has 4 saturated carbocycles. The second-order valence-electron chi connectivity index (χ2n) is 6.14. The molecule has 4 fully saturated rings. The average molecular weight is 250 g/mol. The van der Waals surface area contributed by atoms with E-state index in [-0.39, 0.29) is 5.97 Å². The minimum absolute atomic E-state index is 0.355. The van der Waals surface area contributed by atoms with Gasteiger partial charge in [-0.15, -0.1) is 0 Å². The van der Waals surface area contributed by atoms with Crippen molar-refractivity contribution in [2.45, 2.75) is 38.2 Å². The molecule has 0 aromatic rings. The maximum Gasteiger partial charge on any atom is 0.330 e. The number of carbonyl (C=O) groups is 1. The van der Waals surface area contributed by atoms with Crippen molar-refractivity contribution in [2.24, 2.45) is 23.7 Å². The van der Waals surface area contributed by atoms with Crippen molar-refractivity contribution < 1.29 is 14.3 Å². The Balaban J connectivity index is 1.46. The average Bonchev–Trinajstić information content (AvgIpc) is 2.36. The van der Waals surface area contributed by atoms with Crippen LogP contribution in [0.2, 0.25) is 0 Å². The molecule has 4 aliphatic rings. The van der Waals surface area contributed by atoms with Crippen LogP contribution in [0.5, 0.6) is 0 Å².